The van der Waals surface area contributed by atoms with E-state index in [1.165, 1.54) is 167 Å². The van der Waals surface area contributed by atoms with E-state index in [9.17, 15) is 35.1 Å². The van der Waals surface area contributed by atoms with Crippen LogP contribution in [0, 0.1) is 0 Å². The zero-order valence-corrected chi connectivity index (χ0v) is 51.7. The lowest BCUT2D eigenvalue weighted by molar-refractivity contribution is -0.305. The smallest absolute Gasteiger partial charge is 0.306 e. The lowest BCUT2D eigenvalue weighted by Gasteiger charge is -2.41. The Balaban J connectivity index is 2.60. The van der Waals surface area contributed by atoms with Crippen LogP contribution >= 0.6 is 0 Å². The summed E-state index contributed by atoms with van der Waals surface area (Å²) >= 11 is 0. The number of carbonyl (C=O) groups is 2. The van der Waals surface area contributed by atoms with Crippen molar-refractivity contribution >= 4 is 11.9 Å². The molecule has 80 heavy (non-hydrogen) atoms. The highest BCUT2D eigenvalue weighted by atomic mass is 16.7. The third-order valence-electron chi connectivity index (χ3n) is 15.6. The molecule has 1 heterocycles. The van der Waals surface area contributed by atoms with Gasteiger partial charge >= 0.3 is 5.97 Å². The van der Waals surface area contributed by atoms with Crippen LogP contribution in [0.15, 0.2) is 60.8 Å². The van der Waals surface area contributed by atoms with Crippen molar-refractivity contribution in [3.05, 3.63) is 60.8 Å². The van der Waals surface area contributed by atoms with Crippen LogP contribution in [0.3, 0.4) is 0 Å². The highest BCUT2D eigenvalue weighted by Crippen LogP contribution is 2.26. The third-order valence-corrected chi connectivity index (χ3v) is 15.6. The quantitative estimate of drug-likeness (QED) is 0.0195. The molecule has 6 N–H and O–H groups in total. The van der Waals surface area contributed by atoms with Crippen LogP contribution in [0.25, 0.3) is 0 Å². The molecule has 0 spiro atoms. The van der Waals surface area contributed by atoms with Crippen LogP contribution in [0.1, 0.15) is 303 Å². The number of allylic oxidation sites excluding steroid dienone is 9. The summed E-state index contributed by atoms with van der Waals surface area (Å²) in [4.78, 5) is 26.6. The Morgan fingerprint density at radius 2 is 0.863 bits per heavy atom. The number of carbonyl (C=O) groups excluding carboxylic acids is 2. The van der Waals surface area contributed by atoms with Crippen LogP contribution < -0.4 is 5.32 Å². The van der Waals surface area contributed by atoms with Crippen LogP contribution in [0.5, 0.6) is 0 Å². The standard InChI is InChI=1S/C69H125NO10/c1-4-7-10-13-16-19-22-25-27-28-29-30-31-32-33-34-35-37-38-41-44-47-50-53-56-62(73)68(77)70-60(61(72)55-52-49-46-43-40-24-21-18-15-12-9-6-3)59-78-69-67(66(76)65(75)63(58-71)79-69)80-64(74)57-54-51-48-45-42-39-36-26-23-20-17-14-11-8-5-2/h16,19-20,23,25,27,29-30,52,55,60-63,65-67,69,71-73,75-76H,4-15,17-18,21-22,24,26,28,31-51,53-54,56-59H2,1-3H3,(H,70,77)/b19-16-,23-20-,27-25-,30-29-,55-52+. The third kappa shape index (κ3) is 44.0. The molecule has 11 nitrogen and oxygen atoms in total. The summed E-state index contributed by atoms with van der Waals surface area (Å²) in [5, 5.41) is 57.1. The molecule has 8 atom stereocenters. The second-order valence-electron chi connectivity index (χ2n) is 23.2. The Labute approximate surface area is 490 Å². The second kappa shape index (κ2) is 56.8. The van der Waals surface area contributed by atoms with Crippen LogP contribution in [0.2, 0.25) is 0 Å². The maximum absolute atomic E-state index is 13.5. The van der Waals surface area contributed by atoms with Gasteiger partial charge in [-0.1, -0.05) is 268 Å². The average Bonchev–Trinajstić information content (AvgIpc) is 3.46. The first-order valence-corrected chi connectivity index (χ1v) is 33.6. The molecule has 11 heteroatoms. The molecule has 0 bridgehead atoms. The van der Waals surface area contributed by atoms with Crippen LogP contribution in [-0.4, -0.2) is 99.6 Å². The first kappa shape index (κ1) is 75.4. The molecule has 0 aromatic rings. The molecule has 1 amide bonds. The summed E-state index contributed by atoms with van der Waals surface area (Å²) in [5.74, 6) is -1.20. The monoisotopic (exact) mass is 1130 g/mol. The fourth-order valence-corrected chi connectivity index (χ4v) is 10.3. The van der Waals surface area contributed by atoms with Gasteiger partial charge in [0, 0.05) is 6.42 Å². The van der Waals surface area contributed by atoms with Gasteiger partial charge < -0.3 is 45.1 Å². The minimum absolute atomic E-state index is 0.119. The van der Waals surface area contributed by atoms with Crippen molar-refractivity contribution in [1.82, 2.24) is 5.32 Å². The maximum Gasteiger partial charge on any atom is 0.306 e. The van der Waals surface area contributed by atoms with Gasteiger partial charge in [-0.2, -0.15) is 0 Å². The number of amides is 1. The highest BCUT2D eigenvalue weighted by Gasteiger charge is 2.47. The highest BCUT2D eigenvalue weighted by molar-refractivity contribution is 5.80. The zero-order valence-electron chi connectivity index (χ0n) is 51.7. The number of hydrogen-bond acceptors (Lipinski definition) is 10. The molecule has 0 aliphatic carbocycles. The SMILES string of the molecule is CCCCC/C=C\C/C=C\C/C=C\CCCCCCCCCCCCCC(O)C(=O)NC(COC1OC(CO)C(O)C(O)C1OC(=O)CCCCCCCCC/C=C\CCCCCC)C(O)/C=C/CCCCCCCCCCCC. The molecule has 0 saturated carbocycles. The number of aliphatic hydroxyl groups is 5. The fourth-order valence-electron chi connectivity index (χ4n) is 10.3. The number of hydrogen-bond donors (Lipinski definition) is 6. The predicted octanol–water partition coefficient (Wildman–Crippen LogP) is 16.6. The molecule has 8 unspecified atom stereocenters. The van der Waals surface area contributed by atoms with E-state index in [0.29, 0.717) is 12.8 Å². The van der Waals surface area contributed by atoms with Crippen molar-refractivity contribution in [3.8, 4) is 0 Å². The van der Waals surface area contributed by atoms with E-state index in [1.807, 2.05) is 6.08 Å². The van der Waals surface area contributed by atoms with E-state index in [4.69, 9.17) is 14.2 Å². The normalized spacial score (nSPS) is 19.1. The molecule has 0 aromatic carbocycles. The van der Waals surface area contributed by atoms with Crippen LogP contribution in [0.4, 0.5) is 0 Å². The van der Waals surface area contributed by atoms with Gasteiger partial charge in [0.2, 0.25) is 5.91 Å². The molecule has 1 aliphatic rings. The second-order valence-corrected chi connectivity index (χ2v) is 23.2. The molecule has 0 radical (unpaired) electrons. The Morgan fingerprint density at radius 1 is 0.487 bits per heavy atom. The molecular weight excluding hydrogens is 1000 g/mol. The van der Waals surface area contributed by atoms with E-state index < -0.39 is 67.4 Å². The van der Waals surface area contributed by atoms with E-state index in [0.717, 1.165) is 89.9 Å². The molecule has 1 saturated heterocycles. The summed E-state index contributed by atoms with van der Waals surface area (Å²) in [6, 6.07) is -1.03. The van der Waals surface area contributed by atoms with E-state index in [2.05, 4.69) is 74.7 Å². The van der Waals surface area contributed by atoms with Crippen molar-refractivity contribution in [3.63, 3.8) is 0 Å². The molecule has 1 aliphatic heterocycles. The number of esters is 1. The summed E-state index contributed by atoms with van der Waals surface area (Å²) in [5.41, 5.74) is 0. The average molecular weight is 1130 g/mol. The van der Waals surface area contributed by atoms with Crippen molar-refractivity contribution < 1.29 is 49.3 Å². The number of rotatable bonds is 57. The van der Waals surface area contributed by atoms with Gasteiger partial charge in [0.1, 0.15) is 24.4 Å². The maximum atomic E-state index is 13.5. The Hall–Kier alpha value is -2.64. The Morgan fingerprint density at radius 3 is 1.34 bits per heavy atom. The Kier molecular flexibility index (Phi) is 53.5. The minimum atomic E-state index is -1.62. The molecular formula is C69H125NO10. The van der Waals surface area contributed by atoms with Gasteiger partial charge in [0.05, 0.1) is 25.4 Å². The molecule has 0 aromatic heterocycles. The molecule has 1 rings (SSSR count). The zero-order chi connectivity index (χ0) is 58.2. The number of aliphatic hydroxyl groups excluding tert-OH is 5. The molecule has 1 fully saturated rings. The van der Waals surface area contributed by atoms with Gasteiger partial charge in [0.15, 0.2) is 12.4 Å². The Bertz CT molecular complexity index is 1530. The van der Waals surface area contributed by atoms with E-state index in [1.54, 1.807) is 6.08 Å². The number of ether oxygens (including phenoxy) is 3. The summed E-state index contributed by atoms with van der Waals surface area (Å²) < 4.78 is 17.6. The van der Waals surface area contributed by atoms with Crippen molar-refractivity contribution in [2.75, 3.05) is 13.2 Å². The van der Waals surface area contributed by atoms with Crippen LogP contribution in [-0.2, 0) is 23.8 Å². The van der Waals surface area contributed by atoms with Gasteiger partial charge in [-0.3, -0.25) is 9.59 Å². The van der Waals surface area contributed by atoms with E-state index >= 15 is 0 Å². The predicted molar refractivity (Wildman–Crippen MR) is 333 cm³/mol. The number of unbranched alkanes of at least 4 members (excludes halogenated alkanes) is 35. The summed E-state index contributed by atoms with van der Waals surface area (Å²) in [6.45, 7) is 5.76. The first-order chi connectivity index (χ1) is 39.2. The first-order valence-electron chi connectivity index (χ1n) is 33.6. The lowest BCUT2D eigenvalue weighted by Crippen LogP contribution is -2.61. The molecule has 466 valence electrons. The lowest BCUT2D eigenvalue weighted by atomic mass is 9.99. The summed E-state index contributed by atoms with van der Waals surface area (Å²) in [6.07, 6.45) is 61.1. The fraction of sp³-hybridized carbons (Fsp3) is 0.826. The topological polar surface area (TPSA) is 175 Å². The van der Waals surface area contributed by atoms with Gasteiger partial charge in [-0.15, -0.1) is 0 Å². The minimum Gasteiger partial charge on any atom is -0.454 e. The number of nitrogens with one attached hydrogen (secondary N) is 1. The summed E-state index contributed by atoms with van der Waals surface area (Å²) in [7, 11) is 0. The van der Waals surface area contributed by atoms with E-state index in [-0.39, 0.29) is 19.4 Å². The van der Waals surface area contributed by atoms with Crippen molar-refractivity contribution in [1.29, 1.82) is 0 Å². The largest absolute Gasteiger partial charge is 0.454 e. The van der Waals surface area contributed by atoms with Crippen molar-refractivity contribution in [2.45, 2.75) is 352 Å². The van der Waals surface area contributed by atoms with Gasteiger partial charge in [-0.25, -0.2) is 0 Å². The van der Waals surface area contributed by atoms with Gasteiger partial charge in [0.25, 0.3) is 0 Å². The van der Waals surface area contributed by atoms with Crippen molar-refractivity contribution in [2.24, 2.45) is 0 Å². The van der Waals surface area contributed by atoms with Gasteiger partial charge in [-0.05, 0) is 89.9 Å².